The van der Waals surface area contributed by atoms with Crippen LogP contribution in [-0.2, 0) is 21.6 Å². The van der Waals surface area contributed by atoms with Crippen molar-refractivity contribution in [2.24, 2.45) is 17.6 Å². The zero-order valence-electron chi connectivity index (χ0n) is 23.0. The first kappa shape index (κ1) is 29.3. The van der Waals surface area contributed by atoms with Crippen LogP contribution in [0.1, 0.15) is 63.0 Å². The molecule has 1 aromatic heterocycles. The normalized spacial score (nSPS) is 22.9. The van der Waals surface area contributed by atoms with Crippen LogP contribution in [0.5, 0.6) is 0 Å². The largest absolute Gasteiger partial charge is 0.450 e. The van der Waals surface area contributed by atoms with Gasteiger partial charge in [0.15, 0.2) is 0 Å². The highest BCUT2D eigenvalue weighted by Gasteiger charge is 2.44. The van der Waals surface area contributed by atoms with E-state index in [-0.39, 0.29) is 24.3 Å². The number of nitrogens with zero attached hydrogens (tertiary/aromatic N) is 2. The second kappa shape index (κ2) is 13.1. The molecule has 2 fully saturated rings. The predicted molar refractivity (Wildman–Crippen MR) is 152 cm³/mol. The molecule has 4 rings (SSSR count). The Bertz CT molecular complexity index is 1160. The van der Waals surface area contributed by atoms with Crippen molar-refractivity contribution in [1.29, 1.82) is 0 Å². The predicted octanol–water partition coefficient (Wildman–Crippen LogP) is 4.65. The number of likely N-dealkylation sites (tertiary alicyclic amines) is 1. The van der Waals surface area contributed by atoms with Gasteiger partial charge in [-0.05, 0) is 81.2 Å². The number of piperidine rings is 1. The Morgan fingerprint density at radius 3 is 2.82 bits per heavy atom. The molecule has 212 valence electrons. The smallest absolute Gasteiger partial charge is 0.404 e. The Morgan fingerprint density at radius 2 is 2.10 bits per heavy atom. The van der Waals surface area contributed by atoms with E-state index < -0.39 is 11.7 Å². The second-order valence-corrected chi connectivity index (χ2v) is 11.3. The van der Waals surface area contributed by atoms with Crippen LogP contribution in [0.3, 0.4) is 0 Å². The Kier molecular flexibility index (Phi) is 9.86. The monoisotopic (exact) mass is 556 g/mol. The Hall–Kier alpha value is -2.68. The summed E-state index contributed by atoms with van der Waals surface area (Å²) >= 11 is 6.72. The molecule has 1 saturated heterocycles. The van der Waals surface area contributed by atoms with Gasteiger partial charge in [-0.3, -0.25) is 4.79 Å². The third-order valence-electron chi connectivity index (χ3n) is 8.54. The molecule has 8 nitrogen and oxygen atoms in total. The van der Waals surface area contributed by atoms with E-state index in [9.17, 15) is 14.7 Å². The molecule has 1 saturated carbocycles. The number of hydrogen-bond donors (Lipinski definition) is 3. The lowest BCUT2D eigenvalue weighted by molar-refractivity contribution is -0.141. The number of rotatable bonds is 10. The summed E-state index contributed by atoms with van der Waals surface area (Å²) < 4.78 is 5.00. The van der Waals surface area contributed by atoms with Crippen LogP contribution in [0, 0.1) is 11.8 Å². The first-order valence-electron chi connectivity index (χ1n) is 14.1. The van der Waals surface area contributed by atoms with Crippen molar-refractivity contribution in [2.45, 2.75) is 69.9 Å². The van der Waals surface area contributed by atoms with Crippen molar-refractivity contribution in [3.63, 3.8) is 0 Å². The minimum Gasteiger partial charge on any atom is -0.450 e. The molecule has 0 unspecified atom stereocenters. The average molecular weight is 557 g/mol. The maximum absolute atomic E-state index is 13.5. The van der Waals surface area contributed by atoms with Gasteiger partial charge in [0, 0.05) is 42.7 Å². The lowest BCUT2D eigenvalue weighted by Gasteiger charge is -2.44. The summed E-state index contributed by atoms with van der Waals surface area (Å²) in [5.41, 5.74) is 7.28. The van der Waals surface area contributed by atoms with Crippen LogP contribution in [-0.4, -0.2) is 59.8 Å². The van der Waals surface area contributed by atoms with E-state index in [1.165, 1.54) is 0 Å². The summed E-state index contributed by atoms with van der Waals surface area (Å²) in [6.07, 6.45) is 6.68. The molecule has 2 aromatic rings. The number of amides is 2. The molecular weight excluding hydrogens is 516 g/mol. The third-order valence-corrected chi connectivity index (χ3v) is 8.83. The molecule has 4 atom stereocenters. The number of nitrogens with two attached hydrogens (primary N) is 1. The summed E-state index contributed by atoms with van der Waals surface area (Å²) in [5, 5.41) is 16.2. The lowest BCUT2D eigenvalue weighted by atomic mass is 9.72. The first-order chi connectivity index (χ1) is 18.8. The number of carbonyl (C=O) groups excluding carboxylic acids is 2. The molecule has 4 N–H and O–H groups in total. The summed E-state index contributed by atoms with van der Waals surface area (Å²) in [7, 11) is 1.95. The van der Waals surface area contributed by atoms with Crippen LogP contribution in [0.15, 0.2) is 36.5 Å². The van der Waals surface area contributed by atoms with Crippen LogP contribution in [0.4, 0.5) is 4.79 Å². The Balaban J connectivity index is 1.68. The number of aromatic nitrogens is 1. The van der Waals surface area contributed by atoms with Crippen molar-refractivity contribution in [3.8, 4) is 11.1 Å². The molecule has 0 spiro atoms. The molecule has 2 amide bonds. The molecule has 2 heterocycles. The molecular formula is C30H41ClN4O4. The number of aliphatic hydroxyl groups is 1. The maximum Gasteiger partial charge on any atom is 0.404 e. The minimum atomic E-state index is -1.33. The standard InChI is InChI=1S/C30H41ClN4O4/c1-3-20-7-4-8-21(17-20)26-25(12-14-34-27(26)31)30(38,13-6-16-39-29(32)37)23-9-5-15-35(19-23)28(36)22-10-11-24(18-22)33-2/h4,7-8,12,14,17,22-24,33,38H,3,5-6,9-11,13,15-16,18-19H2,1-2H3,(H2,32,37)/t22-,23-,24+,30+/m1/s1. The highest BCUT2D eigenvalue weighted by Crippen LogP contribution is 2.45. The fourth-order valence-corrected chi connectivity index (χ4v) is 6.65. The topological polar surface area (TPSA) is 118 Å². The molecule has 1 aromatic carbocycles. The summed E-state index contributed by atoms with van der Waals surface area (Å²) in [5.74, 6) is -0.0293. The van der Waals surface area contributed by atoms with E-state index in [4.69, 9.17) is 22.1 Å². The summed E-state index contributed by atoms with van der Waals surface area (Å²) in [6, 6.07) is 10.3. The van der Waals surface area contributed by atoms with E-state index in [2.05, 4.69) is 29.4 Å². The molecule has 9 heteroatoms. The van der Waals surface area contributed by atoms with Crippen LogP contribution >= 0.6 is 11.6 Å². The van der Waals surface area contributed by atoms with Crippen LogP contribution < -0.4 is 11.1 Å². The van der Waals surface area contributed by atoms with Crippen molar-refractivity contribution >= 4 is 23.6 Å². The van der Waals surface area contributed by atoms with E-state index in [1.807, 2.05) is 30.1 Å². The molecule has 1 aliphatic heterocycles. The number of benzene rings is 1. The van der Waals surface area contributed by atoms with Crippen molar-refractivity contribution in [3.05, 3.63) is 52.8 Å². The fraction of sp³-hybridized carbons (Fsp3) is 0.567. The number of carbonyl (C=O) groups is 2. The molecule has 0 bridgehead atoms. The number of pyridine rings is 1. The zero-order valence-corrected chi connectivity index (χ0v) is 23.8. The van der Waals surface area contributed by atoms with E-state index >= 15 is 0 Å². The van der Waals surface area contributed by atoms with Gasteiger partial charge in [0.1, 0.15) is 5.15 Å². The molecule has 2 aliphatic rings. The highest BCUT2D eigenvalue weighted by molar-refractivity contribution is 6.32. The van der Waals surface area contributed by atoms with Gasteiger partial charge < -0.3 is 25.8 Å². The number of ether oxygens (including phenoxy) is 1. The van der Waals surface area contributed by atoms with Gasteiger partial charge >= 0.3 is 6.09 Å². The van der Waals surface area contributed by atoms with Crippen molar-refractivity contribution < 1.29 is 19.4 Å². The number of hydrogen-bond acceptors (Lipinski definition) is 6. The van der Waals surface area contributed by atoms with E-state index in [0.717, 1.165) is 49.7 Å². The quantitative estimate of drug-likeness (QED) is 0.289. The second-order valence-electron chi connectivity index (χ2n) is 10.9. The summed E-state index contributed by atoms with van der Waals surface area (Å²) in [4.78, 5) is 31.0. The summed E-state index contributed by atoms with van der Waals surface area (Å²) in [6.45, 7) is 3.34. The third kappa shape index (κ3) is 6.73. The maximum atomic E-state index is 13.5. The van der Waals surface area contributed by atoms with Gasteiger partial charge in [-0.1, -0.05) is 42.8 Å². The average Bonchev–Trinajstić information content (AvgIpc) is 3.44. The van der Waals surface area contributed by atoms with Gasteiger partial charge in [0.25, 0.3) is 0 Å². The van der Waals surface area contributed by atoms with E-state index in [0.29, 0.717) is 48.3 Å². The van der Waals surface area contributed by atoms with Gasteiger partial charge in [-0.2, -0.15) is 0 Å². The number of primary amides is 1. The van der Waals surface area contributed by atoms with Crippen molar-refractivity contribution in [2.75, 3.05) is 26.7 Å². The van der Waals surface area contributed by atoms with Gasteiger partial charge in [-0.15, -0.1) is 0 Å². The van der Waals surface area contributed by atoms with Crippen molar-refractivity contribution in [1.82, 2.24) is 15.2 Å². The fourth-order valence-electron chi connectivity index (χ4n) is 6.38. The van der Waals surface area contributed by atoms with Gasteiger partial charge in [0.05, 0.1) is 12.2 Å². The van der Waals surface area contributed by atoms with Gasteiger partial charge in [-0.25, -0.2) is 9.78 Å². The first-order valence-corrected chi connectivity index (χ1v) is 14.5. The number of halogens is 1. The molecule has 0 radical (unpaired) electrons. The Morgan fingerprint density at radius 1 is 1.28 bits per heavy atom. The number of aryl methyl sites for hydroxylation is 1. The molecule has 39 heavy (non-hydrogen) atoms. The lowest BCUT2D eigenvalue weighted by Crippen LogP contribution is -2.49. The number of nitrogens with one attached hydrogen (secondary N) is 1. The zero-order chi connectivity index (χ0) is 28.0. The van der Waals surface area contributed by atoms with Crippen LogP contribution in [0.2, 0.25) is 5.15 Å². The highest BCUT2D eigenvalue weighted by atomic mass is 35.5. The van der Waals surface area contributed by atoms with Crippen LogP contribution in [0.25, 0.3) is 11.1 Å². The Labute approximate surface area is 236 Å². The van der Waals surface area contributed by atoms with E-state index in [1.54, 1.807) is 6.20 Å². The minimum absolute atomic E-state index is 0.0148. The van der Waals surface area contributed by atoms with Gasteiger partial charge in [0.2, 0.25) is 5.91 Å². The molecule has 1 aliphatic carbocycles. The SMILES string of the molecule is CCc1cccc(-c2c([C@](O)(CCCOC(N)=O)[C@@H]3CCCN(C(=O)[C@@H]4CC[C@H](NC)C4)C3)ccnc2Cl)c1.